The van der Waals surface area contributed by atoms with Gasteiger partial charge in [-0.15, -0.1) is 0 Å². The minimum Gasteiger partial charge on any atom is -0.490 e. The number of nitrogens with zero attached hydrogens (tertiary/aromatic N) is 1. The van der Waals surface area contributed by atoms with Gasteiger partial charge in [0.1, 0.15) is 17.4 Å². The summed E-state index contributed by atoms with van der Waals surface area (Å²) in [6.45, 7) is 0. The highest BCUT2D eigenvalue weighted by molar-refractivity contribution is 5.45. The monoisotopic (exact) mass is 304 g/mol. The summed E-state index contributed by atoms with van der Waals surface area (Å²) in [5.74, 6) is -0.382. The van der Waals surface area contributed by atoms with Crippen LogP contribution in [0.15, 0.2) is 18.2 Å². The fourth-order valence-electron chi connectivity index (χ4n) is 2.42. The van der Waals surface area contributed by atoms with E-state index in [0.717, 1.165) is 25.0 Å². The average molecular weight is 304 g/mol. The SMILES string of the molecule is NC1CCCC(Oc2ccc([N+](=O)[O-])cc2C(F)(F)F)C1. The summed E-state index contributed by atoms with van der Waals surface area (Å²) >= 11 is 0. The molecule has 0 aliphatic heterocycles. The summed E-state index contributed by atoms with van der Waals surface area (Å²) in [5, 5.41) is 10.6. The van der Waals surface area contributed by atoms with Gasteiger partial charge in [-0.1, -0.05) is 0 Å². The molecule has 1 saturated carbocycles. The van der Waals surface area contributed by atoms with Gasteiger partial charge in [0.05, 0.1) is 4.92 Å². The highest BCUT2D eigenvalue weighted by Crippen LogP contribution is 2.39. The van der Waals surface area contributed by atoms with Crippen LogP contribution in [0.4, 0.5) is 18.9 Å². The molecule has 0 spiro atoms. The molecule has 2 rings (SSSR count). The molecule has 0 bridgehead atoms. The van der Waals surface area contributed by atoms with Crippen molar-refractivity contribution in [1.82, 2.24) is 0 Å². The topological polar surface area (TPSA) is 78.4 Å². The Morgan fingerprint density at radius 2 is 2.05 bits per heavy atom. The van der Waals surface area contributed by atoms with Gasteiger partial charge in [-0.25, -0.2) is 0 Å². The van der Waals surface area contributed by atoms with E-state index in [4.69, 9.17) is 10.5 Å². The molecule has 116 valence electrons. The molecule has 2 N–H and O–H groups in total. The summed E-state index contributed by atoms with van der Waals surface area (Å²) in [4.78, 5) is 9.74. The lowest BCUT2D eigenvalue weighted by Crippen LogP contribution is -2.34. The molecule has 1 fully saturated rings. The minimum atomic E-state index is -4.71. The summed E-state index contributed by atoms with van der Waals surface area (Å²) in [6, 6.07) is 2.42. The molecule has 1 aliphatic rings. The molecule has 1 aliphatic carbocycles. The molecule has 5 nitrogen and oxygen atoms in total. The first-order valence-electron chi connectivity index (χ1n) is 6.55. The van der Waals surface area contributed by atoms with Crippen molar-refractivity contribution < 1.29 is 22.8 Å². The van der Waals surface area contributed by atoms with Crippen LogP contribution < -0.4 is 10.5 Å². The Morgan fingerprint density at radius 1 is 1.33 bits per heavy atom. The van der Waals surface area contributed by atoms with E-state index in [2.05, 4.69) is 0 Å². The fraction of sp³-hybridized carbons (Fsp3) is 0.538. The first-order chi connectivity index (χ1) is 9.77. The Kier molecular flexibility index (Phi) is 4.36. The largest absolute Gasteiger partial charge is 0.490 e. The van der Waals surface area contributed by atoms with Crippen molar-refractivity contribution in [3.05, 3.63) is 33.9 Å². The van der Waals surface area contributed by atoms with E-state index in [1.165, 1.54) is 0 Å². The van der Waals surface area contributed by atoms with E-state index >= 15 is 0 Å². The summed E-state index contributed by atoms with van der Waals surface area (Å²) < 4.78 is 44.4. The summed E-state index contributed by atoms with van der Waals surface area (Å²) in [6.07, 6.45) is -2.38. The lowest BCUT2D eigenvalue weighted by atomic mass is 9.93. The van der Waals surface area contributed by atoms with Crippen molar-refractivity contribution in [1.29, 1.82) is 0 Å². The number of ether oxygens (including phenoxy) is 1. The molecule has 0 heterocycles. The van der Waals surface area contributed by atoms with Gasteiger partial charge in [-0.3, -0.25) is 10.1 Å². The molecule has 8 heteroatoms. The van der Waals surface area contributed by atoms with Gasteiger partial charge in [0.15, 0.2) is 0 Å². The highest BCUT2D eigenvalue weighted by atomic mass is 19.4. The number of hydrogen-bond acceptors (Lipinski definition) is 4. The van der Waals surface area contributed by atoms with E-state index in [1.807, 2.05) is 0 Å². The van der Waals surface area contributed by atoms with E-state index in [9.17, 15) is 23.3 Å². The molecule has 1 aromatic rings. The van der Waals surface area contributed by atoms with Gasteiger partial charge >= 0.3 is 6.18 Å². The number of nitro groups is 1. The van der Waals surface area contributed by atoms with Crippen LogP contribution >= 0.6 is 0 Å². The van der Waals surface area contributed by atoms with Crippen LogP contribution in [0.25, 0.3) is 0 Å². The van der Waals surface area contributed by atoms with E-state index < -0.39 is 28.5 Å². The van der Waals surface area contributed by atoms with Crippen LogP contribution in [-0.4, -0.2) is 17.1 Å². The molecule has 0 saturated heterocycles. The number of rotatable bonds is 3. The maximum Gasteiger partial charge on any atom is 0.420 e. The molecule has 21 heavy (non-hydrogen) atoms. The van der Waals surface area contributed by atoms with Gasteiger partial charge in [0.2, 0.25) is 0 Å². The molecule has 0 radical (unpaired) electrons. The number of halogens is 3. The maximum atomic E-state index is 13.0. The Labute approximate surface area is 119 Å². The fourth-order valence-corrected chi connectivity index (χ4v) is 2.42. The number of hydrogen-bond donors (Lipinski definition) is 1. The van der Waals surface area contributed by atoms with Gasteiger partial charge in [0.25, 0.3) is 5.69 Å². The number of benzene rings is 1. The molecular formula is C13H15F3N2O3. The Balaban J connectivity index is 2.27. The standard InChI is InChI=1S/C13H15F3N2O3/c14-13(15,16)11-7-9(18(19)20)4-5-12(11)21-10-3-1-2-8(17)6-10/h4-5,7-8,10H,1-3,6,17H2. The van der Waals surface area contributed by atoms with Gasteiger partial charge in [0, 0.05) is 18.2 Å². The van der Waals surface area contributed by atoms with Crippen molar-refractivity contribution in [3.8, 4) is 5.75 Å². The lowest BCUT2D eigenvalue weighted by molar-refractivity contribution is -0.385. The smallest absolute Gasteiger partial charge is 0.420 e. The number of nitro benzene ring substituents is 1. The predicted octanol–water partition coefficient (Wildman–Crippen LogP) is 3.26. The van der Waals surface area contributed by atoms with E-state index in [-0.39, 0.29) is 11.8 Å². The lowest BCUT2D eigenvalue weighted by Gasteiger charge is -2.28. The van der Waals surface area contributed by atoms with E-state index in [1.54, 1.807) is 0 Å². The van der Waals surface area contributed by atoms with Crippen molar-refractivity contribution in [3.63, 3.8) is 0 Å². The quantitative estimate of drug-likeness (QED) is 0.686. The summed E-state index contributed by atoms with van der Waals surface area (Å²) in [7, 11) is 0. The zero-order valence-corrected chi connectivity index (χ0v) is 11.1. The second-order valence-electron chi connectivity index (χ2n) is 5.10. The zero-order valence-electron chi connectivity index (χ0n) is 11.1. The Hall–Kier alpha value is -1.83. The Morgan fingerprint density at radius 3 is 2.62 bits per heavy atom. The third-order valence-electron chi connectivity index (χ3n) is 3.44. The minimum absolute atomic E-state index is 0.0869. The van der Waals surface area contributed by atoms with E-state index in [0.29, 0.717) is 18.9 Å². The van der Waals surface area contributed by atoms with Crippen molar-refractivity contribution in [2.24, 2.45) is 5.73 Å². The molecule has 1 aromatic carbocycles. The van der Waals surface area contributed by atoms with Gasteiger partial charge < -0.3 is 10.5 Å². The van der Waals surface area contributed by atoms with Crippen molar-refractivity contribution in [2.45, 2.75) is 44.0 Å². The average Bonchev–Trinajstić information content (AvgIpc) is 2.37. The summed E-state index contributed by atoms with van der Waals surface area (Å²) in [5.41, 5.74) is 4.03. The molecule has 2 unspecified atom stereocenters. The predicted molar refractivity (Wildman–Crippen MR) is 69.0 cm³/mol. The molecular weight excluding hydrogens is 289 g/mol. The van der Waals surface area contributed by atoms with Crippen LogP contribution in [0.2, 0.25) is 0 Å². The maximum absolute atomic E-state index is 13.0. The third-order valence-corrected chi connectivity index (χ3v) is 3.44. The van der Waals surface area contributed by atoms with Crippen molar-refractivity contribution >= 4 is 5.69 Å². The number of nitrogens with two attached hydrogens (primary N) is 1. The number of alkyl halides is 3. The first-order valence-corrected chi connectivity index (χ1v) is 6.55. The normalized spacial score (nSPS) is 22.9. The van der Waals surface area contributed by atoms with Crippen LogP contribution in [-0.2, 0) is 6.18 Å². The van der Waals surface area contributed by atoms with Crippen LogP contribution in [0.3, 0.4) is 0 Å². The molecule has 0 aromatic heterocycles. The van der Waals surface area contributed by atoms with Crippen LogP contribution in [0.1, 0.15) is 31.2 Å². The Bertz CT molecular complexity index is 534. The molecule has 2 atom stereocenters. The third kappa shape index (κ3) is 3.84. The second-order valence-corrected chi connectivity index (χ2v) is 5.10. The molecule has 0 amide bonds. The van der Waals surface area contributed by atoms with Crippen LogP contribution in [0.5, 0.6) is 5.75 Å². The van der Waals surface area contributed by atoms with Gasteiger partial charge in [-0.2, -0.15) is 13.2 Å². The van der Waals surface area contributed by atoms with Crippen LogP contribution in [0, 0.1) is 10.1 Å². The zero-order chi connectivity index (χ0) is 15.6. The second kappa shape index (κ2) is 5.88. The van der Waals surface area contributed by atoms with Gasteiger partial charge in [-0.05, 0) is 31.7 Å². The highest BCUT2D eigenvalue weighted by Gasteiger charge is 2.37. The van der Waals surface area contributed by atoms with Crippen molar-refractivity contribution in [2.75, 3.05) is 0 Å². The number of non-ortho nitro benzene ring substituents is 1. The first kappa shape index (κ1) is 15.6.